The first-order valence-electron chi connectivity index (χ1n) is 9.41. The first-order chi connectivity index (χ1) is 9.41. The molecule has 0 bridgehead atoms. The van der Waals surface area contributed by atoms with Gasteiger partial charge in [0.25, 0.3) is 0 Å². The summed E-state index contributed by atoms with van der Waals surface area (Å²) < 4.78 is 0. The summed E-state index contributed by atoms with van der Waals surface area (Å²) in [5, 5.41) is 0. The molecule has 0 aliphatic rings. The van der Waals surface area contributed by atoms with Gasteiger partial charge < -0.3 is 0 Å². The van der Waals surface area contributed by atoms with Crippen molar-refractivity contribution in [3.05, 3.63) is 0 Å². The molecule has 0 unspecified atom stereocenters. The van der Waals surface area contributed by atoms with E-state index in [0.29, 0.717) is 0 Å². The van der Waals surface area contributed by atoms with E-state index in [1.54, 1.807) is 0 Å². The van der Waals surface area contributed by atoms with Crippen LogP contribution in [0.4, 0.5) is 0 Å². The second kappa shape index (κ2) is 28.1. The SMILES string of the molecule is CCCCCCCCCCCCCCCCCCC.[KH].[KH]. The van der Waals surface area contributed by atoms with Gasteiger partial charge in [-0.2, -0.15) is 0 Å². The maximum absolute atomic E-state index is 2.30. The third-order valence-corrected chi connectivity index (χ3v) is 4.21. The van der Waals surface area contributed by atoms with Crippen molar-refractivity contribution in [2.75, 3.05) is 0 Å². The van der Waals surface area contributed by atoms with Crippen LogP contribution in [0.2, 0.25) is 0 Å². The predicted octanol–water partition coefficient (Wildman–Crippen LogP) is 6.36. The molecular weight excluding hydrogens is 306 g/mol. The minimum absolute atomic E-state index is 0. The molecule has 0 saturated heterocycles. The summed E-state index contributed by atoms with van der Waals surface area (Å²) in [5.41, 5.74) is 0. The fraction of sp³-hybridized carbons (Fsp3) is 1.00. The normalized spacial score (nSPS) is 10.0. The summed E-state index contributed by atoms with van der Waals surface area (Å²) in [6.07, 6.45) is 24.9. The van der Waals surface area contributed by atoms with Crippen molar-refractivity contribution >= 4 is 103 Å². The fourth-order valence-electron chi connectivity index (χ4n) is 2.80. The Morgan fingerprint density at radius 3 is 0.571 bits per heavy atom. The average Bonchev–Trinajstić information content (AvgIpc) is 2.43. The third kappa shape index (κ3) is 28.4. The summed E-state index contributed by atoms with van der Waals surface area (Å²) >= 11 is 0. The van der Waals surface area contributed by atoms with Crippen molar-refractivity contribution in [1.29, 1.82) is 0 Å². The van der Waals surface area contributed by atoms with Gasteiger partial charge in [-0.15, -0.1) is 0 Å². The first kappa shape index (κ1) is 29.1. The zero-order valence-electron chi connectivity index (χ0n) is 14.0. The molecule has 0 spiro atoms. The van der Waals surface area contributed by atoms with E-state index in [0.717, 1.165) is 0 Å². The van der Waals surface area contributed by atoms with E-state index >= 15 is 0 Å². The van der Waals surface area contributed by atoms with Gasteiger partial charge in [-0.25, -0.2) is 0 Å². The number of hydrogen-bond donors (Lipinski definition) is 0. The second-order valence-electron chi connectivity index (χ2n) is 6.30. The first-order valence-corrected chi connectivity index (χ1v) is 9.41. The molecule has 0 N–H and O–H groups in total. The standard InChI is InChI=1S/C19H40.2K.2H/c1-3-5-7-9-11-13-15-17-19-18-16-14-12-10-8-6-4-2;;;;/h3-19H2,1-2H3;;;;. The van der Waals surface area contributed by atoms with E-state index in [1.165, 1.54) is 109 Å². The fourth-order valence-corrected chi connectivity index (χ4v) is 2.80. The van der Waals surface area contributed by atoms with Gasteiger partial charge >= 0.3 is 103 Å². The molecule has 120 valence electrons. The monoisotopic (exact) mass is 348 g/mol. The Hall–Kier alpha value is 3.27. The van der Waals surface area contributed by atoms with Crippen LogP contribution < -0.4 is 0 Å². The Morgan fingerprint density at radius 2 is 0.429 bits per heavy atom. The molecule has 0 rings (SSSR count). The third-order valence-electron chi connectivity index (χ3n) is 4.21. The summed E-state index contributed by atoms with van der Waals surface area (Å²) in [5.74, 6) is 0. The van der Waals surface area contributed by atoms with Gasteiger partial charge in [0, 0.05) is 0 Å². The number of hydrogen-bond acceptors (Lipinski definition) is 0. The van der Waals surface area contributed by atoms with Gasteiger partial charge in [-0.05, 0) is 0 Å². The van der Waals surface area contributed by atoms with E-state index in [1.807, 2.05) is 0 Å². The summed E-state index contributed by atoms with van der Waals surface area (Å²) in [4.78, 5) is 0. The van der Waals surface area contributed by atoms with Crippen molar-refractivity contribution < 1.29 is 0 Å². The van der Waals surface area contributed by atoms with E-state index in [2.05, 4.69) is 13.8 Å². The molecule has 0 fully saturated rings. The van der Waals surface area contributed by atoms with Crippen molar-refractivity contribution in [2.24, 2.45) is 0 Å². The van der Waals surface area contributed by atoms with E-state index < -0.39 is 0 Å². The molecule has 21 heavy (non-hydrogen) atoms. The summed E-state index contributed by atoms with van der Waals surface area (Å²) in [7, 11) is 0. The van der Waals surface area contributed by atoms with Gasteiger partial charge in [0.1, 0.15) is 0 Å². The molecule has 0 atom stereocenters. The van der Waals surface area contributed by atoms with Crippen LogP contribution in [0.5, 0.6) is 0 Å². The van der Waals surface area contributed by atoms with Gasteiger partial charge in [0.05, 0.1) is 0 Å². The predicted molar refractivity (Wildman–Crippen MR) is 104 cm³/mol. The Labute approximate surface area is 221 Å². The van der Waals surface area contributed by atoms with Crippen molar-refractivity contribution in [3.63, 3.8) is 0 Å². The quantitative estimate of drug-likeness (QED) is 0.225. The van der Waals surface area contributed by atoms with Crippen LogP contribution in [0, 0.1) is 0 Å². The van der Waals surface area contributed by atoms with Crippen LogP contribution in [-0.4, -0.2) is 103 Å². The van der Waals surface area contributed by atoms with Crippen molar-refractivity contribution in [1.82, 2.24) is 0 Å². The average molecular weight is 349 g/mol. The van der Waals surface area contributed by atoms with Crippen LogP contribution >= 0.6 is 0 Å². The zero-order chi connectivity index (χ0) is 14.0. The minimum atomic E-state index is 0. The van der Waals surface area contributed by atoms with Crippen LogP contribution in [0.3, 0.4) is 0 Å². The van der Waals surface area contributed by atoms with Crippen LogP contribution in [0.15, 0.2) is 0 Å². The molecule has 0 aliphatic heterocycles. The maximum atomic E-state index is 2.30. The molecule has 0 aromatic carbocycles. The van der Waals surface area contributed by atoms with Gasteiger partial charge in [-0.3, -0.25) is 0 Å². The summed E-state index contributed by atoms with van der Waals surface area (Å²) in [6, 6.07) is 0. The molecule has 0 nitrogen and oxygen atoms in total. The molecule has 0 amide bonds. The number of unbranched alkanes of at least 4 members (excludes halogenated alkanes) is 16. The van der Waals surface area contributed by atoms with Gasteiger partial charge in [0.2, 0.25) is 0 Å². The van der Waals surface area contributed by atoms with E-state index in [-0.39, 0.29) is 103 Å². The molecular formula is C19H42K2. The van der Waals surface area contributed by atoms with Crippen molar-refractivity contribution in [3.8, 4) is 0 Å². The summed E-state index contributed by atoms with van der Waals surface area (Å²) in [6.45, 7) is 4.59. The van der Waals surface area contributed by atoms with Crippen LogP contribution in [0.1, 0.15) is 123 Å². The molecule has 0 saturated carbocycles. The number of rotatable bonds is 16. The van der Waals surface area contributed by atoms with Crippen LogP contribution in [0.25, 0.3) is 0 Å². The van der Waals surface area contributed by atoms with Crippen molar-refractivity contribution in [2.45, 2.75) is 123 Å². The Bertz CT molecular complexity index is 133. The van der Waals surface area contributed by atoms with Gasteiger partial charge in [-0.1, -0.05) is 123 Å². The molecule has 0 aromatic heterocycles. The van der Waals surface area contributed by atoms with E-state index in [9.17, 15) is 0 Å². The molecule has 0 heterocycles. The van der Waals surface area contributed by atoms with Gasteiger partial charge in [0.15, 0.2) is 0 Å². The topological polar surface area (TPSA) is 0 Å². The Balaban J connectivity index is -0.00000162. The van der Waals surface area contributed by atoms with E-state index in [4.69, 9.17) is 0 Å². The molecule has 2 heteroatoms. The Kier molecular flexibility index (Phi) is 38.9. The Morgan fingerprint density at radius 1 is 0.286 bits per heavy atom. The molecule has 0 aromatic rings. The zero-order valence-corrected chi connectivity index (χ0v) is 14.0. The second-order valence-corrected chi connectivity index (χ2v) is 6.30. The molecule has 0 aliphatic carbocycles. The molecule has 0 radical (unpaired) electrons. The van der Waals surface area contributed by atoms with Crippen LogP contribution in [-0.2, 0) is 0 Å².